The summed E-state index contributed by atoms with van der Waals surface area (Å²) < 4.78 is 5.53. The molecule has 18 heavy (non-hydrogen) atoms. The zero-order valence-electron chi connectivity index (χ0n) is 10.5. The zero-order valence-corrected chi connectivity index (χ0v) is 11.3. The van der Waals surface area contributed by atoms with Crippen LogP contribution in [0.15, 0.2) is 28.7 Å². The van der Waals surface area contributed by atoms with Gasteiger partial charge in [0, 0.05) is 10.6 Å². The summed E-state index contributed by atoms with van der Waals surface area (Å²) in [5, 5.41) is 0.744. The highest BCUT2D eigenvalue weighted by atomic mass is 35.5. The van der Waals surface area contributed by atoms with Gasteiger partial charge in [0.1, 0.15) is 5.76 Å². The second kappa shape index (κ2) is 5.40. The predicted octanol–water partition coefficient (Wildman–Crippen LogP) is 4.54. The van der Waals surface area contributed by atoms with Gasteiger partial charge in [0.05, 0.1) is 0 Å². The van der Waals surface area contributed by atoms with Gasteiger partial charge in [-0.1, -0.05) is 31.5 Å². The van der Waals surface area contributed by atoms with Gasteiger partial charge in [0.25, 0.3) is 0 Å². The first-order chi connectivity index (χ1) is 8.71. The van der Waals surface area contributed by atoms with E-state index in [1.807, 2.05) is 18.2 Å². The first-order valence-corrected chi connectivity index (χ1v) is 6.44. The average molecular weight is 263 g/mol. The first-order valence-electron chi connectivity index (χ1n) is 6.06. The van der Waals surface area contributed by atoms with E-state index in [1.54, 1.807) is 6.07 Å². The molecule has 0 fully saturated rings. The fourth-order valence-corrected chi connectivity index (χ4v) is 2.46. The molecule has 94 valence electrons. The molecule has 0 aliphatic heterocycles. The molecule has 0 saturated heterocycles. The normalized spacial score (nSPS) is 10.6. The summed E-state index contributed by atoms with van der Waals surface area (Å²) in [4.78, 5) is 10.7. The lowest BCUT2D eigenvalue weighted by molar-refractivity contribution is 0.110. The molecule has 0 spiro atoms. The molecule has 1 aromatic carbocycles. The van der Waals surface area contributed by atoms with E-state index in [0.29, 0.717) is 17.8 Å². The van der Waals surface area contributed by atoms with E-state index in [-0.39, 0.29) is 0 Å². The fraction of sp³-hybridized carbons (Fsp3) is 0.267. The Morgan fingerprint density at radius 2 is 1.94 bits per heavy atom. The van der Waals surface area contributed by atoms with Crippen LogP contribution in [0.25, 0.3) is 11.3 Å². The molecule has 0 radical (unpaired) electrons. The van der Waals surface area contributed by atoms with Gasteiger partial charge >= 0.3 is 0 Å². The van der Waals surface area contributed by atoms with Crippen LogP contribution in [-0.2, 0) is 12.8 Å². The van der Waals surface area contributed by atoms with Crippen molar-refractivity contribution in [2.75, 3.05) is 0 Å². The number of aldehydes is 1. The SMILES string of the molecule is CCc1ccc(Cl)c(CC)c1-c1ccc(C=O)o1. The molecule has 2 aromatic rings. The maximum Gasteiger partial charge on any atom is 0.185 e. The van der Waals surface area contributed by atoms with Crippen molar-refractivity contribution in [3.05, 3.63) is 46.2 Å². The standard InChI is InChI=1S/C15H15ClO2/c1-3-10-5-7-13(16)12(4-2)15(10)14-8-6-11(9-17)18-14/h5-9H,3-4H2,1-2H3. The number of rotatable bonds is 4. The van der Waals surface area contributed by atoms with E-state index in [0.717, 1.165) is 29.0 Å². The molecule has 2 nitrogen and oxygen atoms in total. The van der Waals surface area contributed by atoms with Crippen molar-refractivity contribution in [3.63, 3.8) is 0 Å². The van der Waals surface area contributed by atoms with Crippen molar-refractivity contribution in [2.24, 2.45) is 0 Å². The van der Waals surface area contributed by atoms with E-state index in [1.165, 1.54) is 5.56 Å². The first kappa shape index (κ1) is 12.9. The number of aryl methyl sites for hydroxylation is 1. The van der Waals surface area contributed by atoms with Crippen LogP contribution < -0.4 is 0 Å². The Morgan fingerprint density at radius 1 is 1.17 bits per heavy atom. The molecule has 1 aromatic heterocycles. The summed E-state index contributed by atoms with van der Waals surface area (Å²) in [6.07, 6.45) is 2.45. The Kier molecular flexibility index (Phi) is 3.87. The second-order valence-corrected chi connectivity index (χ2v) is 4.49. The van der Waals surface area contributed by atoms with Gasteiger partial charge in [-0.3, -0.25) is 4.79 Å². The summed E-state index contributed by atoms with van der Waals surface area (Å²) in [5.41, 5.74) is 3.28. The lowest BCUT2D eigenvalue weighted by atomic mass is 9.95. The van der Waals surface area contributed by atoms with Crippen molar-refractivity contribution in [2.45, 2.75) is 26.7 Å². The third-order valence-electron chi connectivity index (χ3n) is 3.07. The molecular formula is C15H15ClO2. The van der Waals surface area contributed by atoms with Gasteiger partial charge in [0.2, 0.25) is 0 Å². The number of furan rings is 1. The molecule has 0 amide bonds. The van der Waals surface area contributed by atoms with Crippen LogP contribution in [-0.4, -0.2) is 6.29 Å². The molecule has 0 aliphatic carbocycles. The highest BCUT2D eigenvalue weighted by molar-refractivity contribution is 6.31. The third kappa shape index (κ3) is 2.21. The molecule has 0 bridgehead atoms. The van der Waals surface area contributed by atoms with Crippen LogP contribution in [0.1, 0.15) is 35.5 Å². The lowest BCUT2D eigenvalue weighted by Gasteiger charge is -2.12. The van der Waals surface area contributed by atoms with Crippen LogP contribution in [0.2, 0.25) is 5.02 Å². The summed E-state index contributed by atoms with van der Waals surface area (Å²) >= 11 is 6.24. The molecule has 0 saturated carbocycles. The van der Waals surface area contributed by atoms with E-state index in [9.17, 15) is 4.79 Å². The monoisotopic (exact) mass is 262 g/mol. The molecule has 2 rings (SSSR count). The molecule has 3 heteroatoms. The van der Waals surface area contributed by atoms with E-state index < -0.39 is 0 Å². The summed E-state index contributed by atoms with van der Waals surface area (Å²) in [7, 11) is 0. The van der Waals surface area contributed by atoms with E-state index in [2.05, 4.69) is 13.8 Å². The average Bonchev–Trinajstić information content (AvgIpc) is 2.86. The summed E-state index contributed by atoms with van der Waals surface area (Å²) in [6.45, 7) is 4.16. The Labute approximate surface area is 112 Å². The van der Waals surface area contributed by atoms with Crippen LogP contribution in [0.4, 0.5) is 0 Å². The largest absolute Gasteiger partial charge is 0.453 e. The van der Waals surface area contributed by atoms with Crippen LogP contribution in [0, 0.1) is 0 Å². The molecular weight excluding hydrogens is 248 g/mol. The van der Waals surface area contributed by atoms with Gasteiger partial charge in [-0.05, 0) is 42.2 Å². The molecule has 0 N–H and O–H groups in total. The summed E-state index contributed by atoms with van der Waals surface area (Å²) in [5.74, 6) is 1.06. The van der Waals surface area contributed by atoms with Crippen LogP contribution in [0.5, 0.6) is 0 Å². The topological polar surface area (TPSA) is 30.2 Å². The number of carbonyl (C=O) groups is 1. The lowest BCUT2D eigenvalue weighted by Crippen LogP contribution is -1.94. The van der Waals surface area contributed by atoms with Gasteiger partial charge in [-0.2, -0.15) is 0 Å². The van der Waals surface area contributed by atoms with Gasteiger partial charge in [-0.15, -0.1) is 0 Å². The van der Waals surface area contributed by atoms with E-state index >= 15 is 0 Å². The highest BCUT2D eigenvalue weighted by Crippen LogP contribution is 2.34. The van der Waals surface area contributed by atoms with Crippen molar-refractivity contribution >= 4 is 17.9 Å². The van der Waals surface area contributed by atoms with Crippen molar-refractivity contribution in [1.29, 1.82) is 0 Å². The Balaban J connectivity index is 2.66. The Morgan fingerprint density at radius 3 is 2.50 bits per heavy atom. The van der Waals surface area contributed by atoms with E-state index in [4.69, 9.17) is 16.0 Å². The van der Waals surface area contributed by atoms with Crippen molar-refractivity contribution < 1.29 is 9.21 Å². The number of hydrogen-bond acceptors (Lipinski definition) is 2. The van der Waals surface area contributed by atoms with Crippen LogP contribution in [0.3, 0.4) is 0 Å². The number of hydrogen-bond donors (Lipinski definition) is 0. The number of benzene rings is 1. The maximum absolute atomic E-state index is 10.7. The van der Waals surface area contributed by atoms with Gasteiger partial charge < -0.3 is 4.42 Å². The molecule has 0 unspecified atom stereocenters. The number of halogens is 1. The quantitative estimate of drug-likeness (QED) is 0.758. The molecule has 0 atom stereocenters. The second-order valence-electron chi connectivity index (χ2n) is 4.09. The Bertz CT molecular complexity index is 570. The van der Waals surface area contributed by atoms with Crippen molar-refractivity contribution in [1.82, 2.24) is 0 Å². The highest BCUT2D eigenvalue weighted by Gasteiger charge is 2.15. The minimum Gasteiger partial charge on any atom is -0.453 e. The predicted molar refractivity (Wildman–Crippen MR) is 73.3 cm³/mol. The van der Waals surface area contributed by atoms with Gasteiger partial charge in [-0.25, -0.2) is 0 Å². The smallest absolute Gasteiger partial charge is 0.185 e. The van der Waals surface area contributed by atoms with Crippen molar-refractivity contribution in [3.8, 4) is 11.3 Å². The molecule has 0 aliphatic rings. The minimum absolute atomic E-state index is 0.342. The zero-order chi connectivity index (χ0) is 13.1. The maximum atomic E-state index is 10.7. The number of carbonyl (C=O) groups excluding carboxylic acids is 1. The van der Waals surface area contributed by atoms with Crippen LogP contribution >= 0.6 is 11.6 Å². The summed E-state index contributed by atoms with van der Waals surface area (Å²) in [6, 6.07) is 7.45. The van der Waals surface area contributed by atoms with Gasteiger partial charge in [0.15, 0.2) is 12.0 Å². The third-order valence-corrected chi connectivity index (χ3v) is 3.42. The molecule has 1 heterocycles. The minimum atomic E-state index is 0.342. The fourth-order valence-electron chi connectivity index (χ4n) is 2.17. The Hall–Kier alpha value is -1.54.